The van der Waals surface area contributed by atoms with Gasteiger partial charge in [0.15, 0.2) is 0 Å². The van der Waals surface area contributed by atoms with Crippen LogP contribution in [0.25, 0.3) is 0 Å². The highest BCUT2D eigenvalue weighted by Crippen LogP contribution is 2.05. The SMILES string of the molecule is C=CCOS(=O)(=O)C(C=C)C(=O)O. The van der Waals surface area contributed by atoms with E-state index in [0.29, 0.717) is 0 Å². The van der Waals surface area contributed by atoms with Gasteiger partial charge < -0.3 is 5.11 Å². The van der Waals surface area contributed by atoms with Crippen molar-refractivity contribution in [3.8, 4) is 0 Å². The van der Waals surface area contributed by atoms with Gasteiger partial charge in [-0.3, -0.25) is 8.98 Å². The monoisotopic (exact) mass is 206 g/mol. The summed E-state index contributed by atoms with van der Waals surface area (Å²) in [5.41, 5.74) is 0. The molecule has 0 aliphatic heterocycles. The van der Waals surface area contributed by atoms with Gasteiger partial charge in [0.05, 0.1) is 6.61 Å². The first-order chi connectivity index (χ1) is 5.95. The van der Waals surface area contributed by atoms with E-state index in [-0.39, 0.29) is 6.61 Å². The molecule has 0 amide bonds. The second kappa shape index (κ2) is 4.78. The molecule has 5 nitrogen and oxygen atoms in total. The Balaban J connectivity index is 4.68. The van der Waals surface area contributed by atoms with Crippen LogP contribution >= 0.6 is 0 Å². The Bertz CT molecular complexity index is 303. The largest absolute Gasteiger partial charge is 0.480 e. The van der Waals surface area contributed by atoms with Crippen LogP contribution in [0.4, 0.5) is 0 Å². The van der Waals surface area contributed by atoms with E-state index < -0.39 is 21.3 Å². The average molecular weight is 206 g/mol. The third kappa shape index (κ3) is 3.39. The minimum absolute atomic E-state index is 0.250. The van der Waals surface area contributed by atoms with Gasteiger partial charge in [-0.15, -0.1) is 13.2 Å². The first kappa shape index (κ1) is 11.9. The van der Waals surface area contributed by atoms with Crippen molar-refractivity contribution in [3.63, 3.8) is 0 Å². The Hall–Kier alpha value is -1.14. The summed E-state index contributed by atoms with van der Waals surface area (Å²) < 4.78 is 26.4. The molecule has 6 heteroatoms. The van der Waals surface area contributed by atoms with Gasteiger partial charge in [0, 0.05) is 0 Å². The van der Waals surface area contributed by atoms with E-state index in [9.17, 15) is 13.2 Å². The molecule has 0 aliphatic rings. The first-order valence-electron chi connectivity index (χ1n) is 3.30. The zero-order chi connectivity index (χ0) is 10.5. The Morgan fingerprint density at radius 3 is 2.38 bits per heavy atom. The first-order valence-corrected chi connectivity index (χ1v) is 4.77. The van der Waals surface area contributed by atoms with Crippen molar-refractivity contribution in [1.82, 2.24) is 0 Å². The number of hydrogen-bond acceptors (Lipinski definition) is 4. The van der Waals surface area contributed by atoms with Gasteiger partial charge in [-0.2, -0.15) is 8.42 Å². The van der Waals surface area contributed by atoms with Crippen LogP contribution in [-0.4, -0.2) is 31.4 Å². The van der Waals surface area contributed by atoms with Gasteiger partial charge in [-0.25, -0.2) is 0 Å². The molecule has 0 rings (SSSR count). The molecule has 0 saturated carbocycles. The highest BCUT2D eigenvalue weighted by Gasteiger charge is 2.30. The van der Waals surface area contributed by atoms with E-state index in [2.05, 4.69) is 17.3 Å². The molecule has 0 bridgehead atoms. The molecule has 0 saturated heterocycles. The van der Waals surface area contributed by atoms with E-state index in [0.717, 1.165) is 6.08 Å². The van der Waals surface area contributed by atoms with Crippen molar-refractivity contribution >= 4 is 16.1 Å². The third-order valence-electron chi connectivity index (χ3n) is 1.12. The van der Waals surface area contributed by atoms with Gasteiger partial charge in [0.2, 0.25) is 5.25 Å². The average Bonchev–Trinajstić information content (AvgIpc) is 2.01. The number of carboxylic acids is 1. The molecule has 0 aromatic heterocycles. The minimum Gasteiger partial charge on any atom is -0.480 e. The Morgan fingerprint density at radius 1 is 1.54 bits per heavy atom. The summed E-state index contributed by atoms with van der Waals surface area (Å²) in [6.45, 7) is 6.07. The van der Waals surface area contributed by atoms with Crippen molar-refractivity contribution < 1.29 is 22.5 Å². The highest BCUT2D eigenvalue weighted by molar-refractivity contribution is 7.88. The van der Waals surface area contributed by atoms with Crippen LogP contribution in [0.5, 0.6) is 0 Å². The smallest absolute Gasteiger partial charge is 0.328 e. The van der Waals surface area contributed by atoms with Gasteiger partial charge in [0.25, 0.3) is 10.1 Å². The molecule has 0 aromatic rings. The molecule has 1 N–H and O–H groups in total. The fraction of sp³-hybridized carbons (Fsp3) is 0.286. The maximum Gasteiger partial charge on any atom is 0.328 e. The van der Waals surface area contributed by atoms with Crippen molar-refractivity contribution in [2.24, 2.45) is 0 Å². The normalized spacial score (nSPS) is 13.2. The molecular weight excluding hydrogens is 196 g/mol. The lowest BCUT2D eigenvalue weighted by Gasteiger charge is -2.07. The van der Waals surface area contributed by atoms with E-state index >= 15 is 0 Å². The van der Waals surface area contributed by atoms with Crippen molar-refractivity contribution in [1.29, 1.82) is 0 Å². The van der Waals surface area contributed by atoms with Crippen LogP contribution in [-0.2, 0) is 19.1 Å². The fourth-order valence-electron chi connectivity index (χ4n) is 0.558. The lowest BCUT2D eigenvalue weighted by atomic mass is 10.4. The summed E-state index contributed by atoms with van der Waals surface area (Å²) in [6.07, 6.45) is 2.00. The Morgan fingerprint density at radius 2 is 2.08 bits per heavy atom. The molecule has 74 valence electrons. The van der Waals surface area contributed by atoms with E-state index in [1.54, 1.807) is 0 Å². The van der Waals surface area contributed by atoms with Gasteiger partial charge >= 0.3 is 5.97 Å². The van der Waals surface area contributed by atoms with Gasteiger partial charge in [-0.1, -0.05) is 12.2 Å². The number of carboxylic acid groups (broad SMARTS) is 1. The predicted octanol–water partition coefficient (Wildman–Crippen LogP) is 0.158. The predicted molar refractivity (Wildman–Crippen MR) is 46.7 cm³/mol. The zero-order valence-electron chi connectivity index (χ0n) is 6.84. The van der Waals surface area contributed by atoms with Crippen LogP contribution in [0.3, 0.4) is 0 Å². The Kier molecular flexibility index (Phi) is 4.36. The number of aliphatic carboxylic acids is 1. The summed E-state index contributed by atoms with van der Waals surface area (Å²) in [4.78, 5) is 10.4. The summed E-state index contributed by atoms with van der Waals surface area (Å²) >= 11 is 0. The van der Waals surface area contributed by atoms with Crippen molar-refractivity contribution in [3.05, 3.63) is 25.3 Å². The lowest BCUT2D eigenvalue weighted by Crippen LogP contribution is -2.29. The lowest BCUT2D eigenvalue weighted by molar-refractivity contribution is -0.135. The summed E-state index contributed by atoms with van der Waals surface area (Å²) in [7, 11) is -4.12. The molecule has 0 aliphatic carbocycles. The molecular formula is C7H10O5S. The van der Waals surface area contributed by atoms with E-state index in [1.165, 1.54) is 6.08 Å². The molecule has 0 aromatic carbocycles. The fourth-order valence-corrected chi connectivity index (χ4v) is 1.47. The quantitative estimate of drug-likeness (QED) is 0.494. The standard InChI is InChI=1S/C7H10O5S/c1-3-5-12-13(10,11)6(4-2)7(8)9/h3-4,6H,1-2,5H2,(H,8,9). The van der Waals surface area contributed by atoms with Crippen LogP contribution < -0.4 is 0 Å². The molecule has 13 heavy (non-hydrogen) atoms. The number of hydrogen-bond donors (Lipinski definition) is 1. The van der Waals surface area contributed by atoms with E-state index in [1.807, 2.05) is 0 Å². The molecule has 0 radical (unpaired) electrons. The second-order valence-corrected chi connectivity index (χ2v) is 3.79. The summed E-state index contributed by atoms with van der Waals surface area (Å²) in [5, 5.41) is 6.72. The van der Waals surface area contributed by atoms with Crippen LogP contribution in [0.2, 0.25) is 0 Å². The number of rotatable bonds is 6. The number of carbonyl (C=O) groups is 1. The summed E-state index contributed by atoms with van der Waals surface area (Å²) in [5.74, 6) is -1.51. The van der Waals surface area contributed by atoms with Gasteiger partial charge in [-0.05, 0) is 0 Å². The van der Waals surface area contributed by atoms with E-state index in [4.69, 9.17) is 5.11 Å². The zero-order valence-corrected chi connectivity index (χ0v) is 7.66. The van der Waals surface area contributed by atoms with Crippen molar-refractivity contribution in [2.75, 3.05) is 6.61 Å². The molecule has 1 atom stereocenters. The minimum atomic E-state index is -4.12. The molecule has 0 fully saturated rings. The molecule has 0 spiro atoms. The third-order valence-corrected chi connectivity index (χ3v) is 2.60. The van der Waals surface area contributed by atoms with Crippen molar-refractivity contribution in [2.45, 2.75) is 5.25 Å². The van der Waals surface area contributed by atoms with Gasteiger partial charge in [0.1, 0.15) is 0 Å². The second-order valence-electron chi connectivity index (χ2n) is 2.06. The van der Waals surface area contributed by atoms with Crippen LogP contribution in [0, 0.1) is 0 Å². The van der Waals surface area contributed by atoms with Crippen LogP contribution in [0.1, 0.15) is 0 Å². The topological polar surface area (TPSA) is 80.7 Å². The maximum absolute atomic E-state index is 11.0. The highest BCUT2D eigenvalue weighted by atomic mass is 32.2. The molecule has 0 heterocycles. The Labute approximate surface area is 76.5 Å². The van der Waals surface area contributed by atoms with Crippen LogP contribution in [0.15, 0.2) is 25.3 Å². The molecule has 1 unspecified atom stereocenters. The summed E-state index contributed by atoms with van der Waals surface area (Å²) in [6, 6.07) is 0. The maximum atomic E-state index is 11.0.